The molecule has 0 unspecified atom stereocenters. The van der Waals surface area contributed by atoms with Gasteiger partial charge >= 0.3 is 0 Å². The lowest BCUT2D eigenvalue weighted by Gasteiger charge is -2.07. The van der Waals surface area contributed by atoms with Crippen LogP contribution in [-0.2, 0) is 0 Å². The number of hydrogen-bond donors (Lipinski definition) is 1. The lowest BCUT2D eigenvalue weighted by Crippen LogP contribution is -1.95. The Labute approximate surface area is 107 Å². The summed E-state index contributed by atoms with van der Waals surface area (Å²) in [7, 11) is 1.48. The third-order valence-electron chi connectivity index (χ3n) is 2.17. The molecule has 0 radical (unpaired) electrons. The van der Waals surface area contributed by atoms with E-state index in [2.05, 4.69) is 4.98 Å². The monoisotopic (exact) mass is 268 g/mol. The van der Waals surface area contributed by atoms with Crippen molar-refractivity contribution in [2.24, 2.45) is 0 Å². The molecule has 0 aliphatic carbocycles. The maximum absolute atomic E-state index is 13.5. The molecule has 1 aromatic carbocycles. The lowest BCUT2D eigenvalue weighted by molar-refractivity contribution is 0.395. The van der Waals surface area contributed by atoms with Crippen molar-refractivity contribution in [3.63, 3.8) is 0 Å². The molecule has 0 amide bonds. The standard InChI is InChI=1S/C12H10F2N2OS/c1-17-11-5-3-9(15)12(16-11)18-10-4-2-7(13)6-8(10)14/h2-6H,15H2,1H3. The minimum atomic E-state index is -0.649. The predicted octanol–water partition coefficient (Wildman–Crippen LogP) is 3.10. The van der Waals surface area contributed by atoms with E-state index >= 15 is 0 Å². The van der Waals surface area contributed by atoms with Crippen LogP contribution >= 0.6 is 11.8 Å². The number of rotatable bonds is 3. The van der Waals surface area contributed by atoms with Crippen molar-refractivity contribution >= 4 is 17.4 Å². The van der Waals surface area contributed by atoms with Crippen LogP contribution in [0.5, 0.6) is 5.88 Å². The highest BCUT2D eigenvalue weighted by molar-refractivity contribution is 7.99. The summed E-state index contributed by atoms with van der Waals surface area (Å²) in [5, 5.41) is 0.417. The second kappa shape index (κ2) is 5.22. The summed E-state index contributed by atoms with van der Waals surface area (Å²) in [4.78, 5) is 4.36. The molecule has 18 heavy (non-hydrogen) atoms. The number of aromatic nitrogens is 1. The van der Waals surface area contributed by atoms with Crippen molar-refractivity contribution in [3.05, 3.63) is 42.0 Å². The van der Waals surface area contributed by atoms with Crippen molar-refractivity contribution in [1.82, 2.24) is 4.98 Å². The van der Waals surface area contributed by atoms with Crippen LogP contribution in [-0.4, -0.2) is 12.1 Å². The van der Waals surface area contributed by atoms with Gasteiger partial charge < -0.3 is 10.5 Å². The summed E-state index contributed by atoms with van der Waals surface area (Å²) in [6.07, 6.45) is 0. The molecule has 0 aliphatic rings. The molecule has 94 valence electrons. The quantitative estimate of drug-likeness (QED) is 0.929. The zero-order valence-corrected chi connectivity index (χ0v) is 10.3. The van der Waals surface area contributed by atoms with Gasteiger partial charge in [0.2, 0.25) is 5.88 Å². The number of nitrogens with two attached hydrogens (primary N) is 1. The third kappa shape index (κ3) is 2.70. The number of methoxy groups -OCH3 is 1. The van der Waals surface area contributed by atoms with Gasteiger partial charge in [0.15, 0.2) is 0 Å². The molecule has 3 nitrogen and oxygen atoms in total. The number of ether oxygens (including phenoxy) is 1. The van der Waals surface area contributed by atoms with Gasteiger partial charge in [-0.05, 0) is 18.2 Å². The number of nitrogens with zero attached hydrogens (tertiary/aromatic N) is 1. The van der Waals surface area contributed by atoms with Crippen molar-refractivity contribution in [2.45, 2.75) is 9.92 Å². The maximum atomic E-state index is 13.5. The average molecular weight is 268 g/mol. The van der Waals surface area contributed by atoms with Crippen molar-refractivity contribution in [2.75, 3.05) is 12.8 Å². The van der Waals surface area contributed by atoms with Gasteiger partial charge in [-0.15, -0.1) is 0 Å². The molecule has 1 heterocycles. The molecule has 0 fully saturated rings. The van der Waals surface area contributed by atoms with Crippen molar-refractivity contribution in [1.29, 1.82) is 0 Å². The molecule has 0 aliphatic heterocycles. The molecule has 1 aromatic heterocycles. The molecule has 0 atom stereocenters. The predicted molar refractivity (Wildman–Crippen MR) is 65.7 cm³/mol. The number of hydrogen-bond acceptors (Lipinski definition) is 4. The van der Waals surface area contributed by atoms with Gasteiger partial charge in [0.1, 0.15) is 16.7 Å². The number of benzene rings is 1. The van der Waals surface area contributed by atoms with Gasteiger partial charge in [0.05, 0.1) is 12.8 Å². The third-order valence-corrected chi connectivity index (χ3v) is 3.25. The Morgan fingerprint density at radius 1 is 1.22 bits per heavy atom. The molecule has 0 spiro atoms. The fourth-order valence-electron chi connectivity index (χ4n) is 1.29. The van der Waals surface area contributed by atoms with E-state index in [0.29, 0.717) is 16.6 Å². The van der Waals surface area contributed by atoms with Gasteiger partial charge in [0.25, 0.3) is 0 Å². The molecular weight excluding hydrogens is 258 g/mol. The highest BCUT2D eigenvalue weighted by Gasteiger charge is 2.10. The van der Waals surface area contributed by atoms with Crippen LogP contribution in [0, 0.1) is 11.6 Å². The summed E-state index contributed by atoms with van der Waals surface area (Å²) in [6, 6.07) is 6.58. The van der Waals surface area contributed by atoms with Gasteiger partial charge in [-0.25, -0.2) is 13.8 Å². The smallest absolute Gasteiger partial charge is 0.214 e. The largest absolute Gasteiger partial charge is 0.481 e. The number of anilines is 1. The first-order valence-electron chi connectivity index (χ1n) is 5.03. The zero-order valence-electron chi connectivity index (χ0n) is 9.48. The fourth-order valence-corrected chi connectivity index (χ4v) is 2.11. The minimum Gasteiger partial charge on any atom is -0.481 e. The Hall–Kier alpha value is -1.82. The Kier molecular flexibility index (Phi) is 3.66. The van der Waals surface area contributed by atoms with Crippen LogP contribution in [0.2, 0.25) is 0 Å². The molecule has 0 saturated heterocycles. The van der Waals surface area contributed by atoms with Crippen molar-refractivity contribution < 1.29 is 13.5 Å². The fraction of sp³-hybridized carbons (Fsp3) is 0.0833. The van der Waals surface area contributed by atoms with Crippen LogP contribution in [0.4, 0.5) is 14.5 Å². The first kappa shape index (κ1) is 12.6. The summed E-state index contributed by atoms with van der Waals surface area (Å²) >= 11 is 1.02. The van der Waals surface area contributed by atoms with E-state index in [1.54, 1.807) is 12.1 Å². The lowest BCUT2D eigenvalue weighted by atomic mass is 10.3. The highest BCUT2D eigenvalue weighted by Crippen LogP contribution is 2.33. The number of halogens is 2. The van der Waals surface area contributed by atoms with E-state index < -0.39 is 11.6 Å². The normalized spacial score (nSPS) is 10.4. The topological polar surface area (TPSA) is 48.1 Å². The maximum Gasteiger partial charge on any atom is 0.214 e. The minimum absolute atomic E-state index is 0.254. The Bertz CT molecular complexity index is 578. The molecule has 2 N–H and O–H groups in total. The first-order chi connectivity index (χ1) is 8.60. The van der Waals surface area contributed by atoms with E-state index in [1.165, 1.54) is 19.2 Å². The van der Waals surface area contributed by atoms with Gasteiger partial charge in [-0.1, -0.05) is 11.8 Å². The summed E-state index contributed by atoms with van der Waals surface area (Å²) in [5.41, 5.74) is 6.14. The molecule has 2 aromatic rings. The van der Waals surface area contributed by atoms with E-state index in [4.69, 9.17) is 10.5 Å². The molecule has 2 rings (SSSR count). The average Bonchev–Trinajstić information content (AvgIpc) is 2.35. The zero-order chi connectivity index (χ0) is 13.1. The second-order valence-electron chi connectivity index (χ2n) is 3.42. The highest BCUT2D eigenvalue weighted by atomic mass is 32.2. The summed E-state index contributed by atoms with van der Waals surface area (Å²) < 4.78 is 31.2. The van der Waals surface area contributed by atoms with Gasteiger partial charge in [-0.2, -0.15) is 0 Å². The second-order valence-corrected chi connectivity index (χ2v) is 4.46. The van der Waals surface area contributed by atoms with E-state index in [9.17, 15) is 8.78 Å². The molecule has 6 heteroatoms. The molecule has 0 saturated carbocycles. The Balaban J connectivity index is 2.33. The Morgan fingerprint density at radius 2 is 2.00 bits per heavy atom. The van der Waals surface area contributed by atoms with Crippen molar-refractivity contribution in [3.8, 4) is 5.88 Å². The SMILES string of the molecule is COc1ccc(N)c(Sc2ccc(F)cc2F)n1. The molecular formula is C12H10F2N2OS. The Morgan fingerprint density at radius 3 is 2.67 bits per heavy atom. The van der Waals surface area contributed by atoms with E-state index in [0.717, 1.165) is 17.8 Å². The summed E-state index contributed by atoms with van der Waals surface area (Å²) in [6.45, 7) is 0. The van der Waals surface area contributed by atoms with Crippen LogP contribution in [0.15, 0.2) is 40.3 Å². The van der Waals surface area contributed by atoms with E-state index in [1.807, 2.05) is 0 Å². The van der Waals surface area contributed by atoms with Crippen LogP contribution in [0.3, 0.4) is 0 Å². The van der Waals surface area contributed by atoms with Crippen LogP contribution in [0.1, 0.15) is 0 Å². The van der Waals surface area contributed by atoms with E-state index in [-0.39, 0.29) is 4.90 Å². The van der Waals surface area contributed by atoms with Gasteiger partial charge in [0, 0.05) is 17.0 Å². The van der Waals surface area contributed by atoms with Crippen LogP contribution < -0.4 is 10.5 Å². The number of pyridine rings is 1. The first-order valence-corrected chi connectivity index (χ1v) is 5.85. The van der Waals surface area contributed by atoms with Crippen LogP contribution in [0.25, 0.3) is 0 Å². The summed E-state index contributed by atoms with van der Waals surface area (Å²) in [5.74, 6) is -0.887. The molecule has 0 bridgehead atoms. The van der Waals surface area contributed by atoms with Gasteiger partial charge in [-0.3, -0.25) is 0 Å². The number of nitrogen functional groups attached to an aromatic ring is 1.